The predicted octanol–water partition coefficient (Wildman–Crippen LogP) is 3.60. The highest BCUT2D eigenvalue weighted by Crippen LogP contribution is 2.26. The third-order valence-corrected chi connectivity index (χ3v) is 2.87. The monoisotopic (exact) mass is 257 g/mol. The van der Waals surface area contributed by atoms with E-state index in [1.807, 2.05) is 0 Å². The first-order valence-corrected chi connectivity index (χ1v) is 5.82. The molecule has 0 aliphatic carbocycles. The molecule has 19 heavy (non-hydrogen) atoms. The van der Waals surface area contributed by atoms with Gasteiger partial charge >= 0.3 is 0 Å². The van der Waals surface area contributed by atoms with Gasteiger partial charge in [-0.2, -0.15) is 4.98 Å². The molecule has 0 unspecified atom stereocenters. The van der Waals surface area contributed by atoms with Crippen LogP contribution in [0, 0.1) is 12.7 Å². The van der Waals surface area contributed by atoms with Gasteiger partial charge in [-0.05, 0) is 36.8 Å². The number of hydrogen-bond acceptors (Lipinski definition) is 4. The number of oxazole rings is 1. The number of aromatic nitrogens is 1. The van der Waals surface area contributed by atoms with Gasteiger partial charge in [0.25, 0.3) is 6.01 Å². The van der Waals surface area contributed by atoms with Crippen molar-refractivity contribution in [1.29, 1.82) is 0 Å². The van der Waals surface area contributed by atoms with E-state index in [-0.39, 0.29) is 11.8 Å². The number of nitrogen functional groups attached to an aromatic ring is 1. The van der Waals surface area contributed by atoms with Gasteiger partial charge in [-0.15, -0.1) is 0 Å². The quantitative estimate of drug-likeness (QED) is 0.688. The summed E-state index contributed by atoms with van der Waals surface area (Å²) >= 11 is 0. The molecule has 0 fully saturated rings. The molecule has 0 aliphatic heterocycles. The van der Waals surface area contributed by atoms with Crippen molar-refractivity contribution >= 4 is 28.5 Å². The van der Waals surface area contributed by atoms with Crippen molar-refractivity contribution in [1.82, 2.24) is 4.98 Å². The van der Waals surface area contributed by atoms with E-state index in [2.05, 4.69) is 10.3 Å². The molecule has 0 saturated carbocycles. The summed E-state index contributed by atoms with van der Waals surface area (Å²) in [6, 6.07) is 10.5. The van der Waals surface area contributed by atoms with Gasteiger partial charge in [0.05, 0.1) is 5.69 Å². The van der Waals surface area contributed by atoms with E-state index in [9.17, 15) is 4.39 Å². The van der Waals surface area contributed by atoms with E-state index in [0.717, 1.165) is 0 Å². The lowest BCUT2D eigenvalue weighted by molar-refractivity contribution is 0.615. The Labute approximate surface area is 109 Å². The zero-order valence-electron chi connectivity index (χ0n) is 10.3. The van der Waals surface area contributed by atoms with Gasteiger partial charge in [-0.3, -0.25) is 0 Å². The minimum absolute atomic E-state index is 0.277. The van der Waals surface area contributed by atoms with Crippen molar-refractivity contribution in [3.05, 3.63) is 47.8 Å². The summed E-state index contributed by atoms with van der Waals surface area (Å²) in [5.74, 6) is -0.277. The second-order valence-corrected chi connectivity index (χ2v) is 4.30. The Balaban J connectivity index is 1.96. The minimum Gasteiger partial charge on any atom is -0.423 e. The van der Waals surface area contributed by atoms with Crippen LogP contribution in [-0.2, 0) is 0 Å². The molecule has 4 nitrogen and oxygen atoms in total. The summed E-state index contributed by atoms with van der Waals surface area (Å²) in [5.41, 5.74) is 8.70. The number of hydrogen-bond donors (Lipinski definition) is 2. The molecular formula is C14H12FN3O. The normalized spacial score (nSPS) is 10.8. The first-order valence-electron chi connectivity index (χ1n) is 5.82. The Bertz CT molecular complexity index is 752. The molecule has 3 aromatic rings. The molecule has 3 N–H and O–H groups in total. The molecule has 0 amide bonds. The molecule has 0 bridgehead atoms. The summed E-state index contributed by atoms with van der Waals surface area (Å²) in [6.45, 7) is 1.71. The zero-order chi connectivity index (χ0) is 13.4. The highest BCUT2D eigenvalue weighted by atomic mass is 19.1. The van der Waals surface area contributed by atoms with E-state index in [0.29, 0.717) is 28.0 Å². The van der Waals surface area contributed by atoms with Gasteiger partial charge in [0.15, 0.2) is 5.58 Å². The van der Waals surface area contributed by atoms with Crippen LogP contribution in [0.5, 0.6) is 0 Å². The Kier molecular flexibility index (Phi) is 2.59. The first kappa shape index (κ1) is 11.5. The standard InChI is InChI=1S/C14H12FN3O/c1-8-5-6-9(7-10(8)15)17-14-18-13-11(16)3-2-4-12(13)19-14/h2-7H,16H2,1H3,(H,17,18). The number of halogens is 1. The summed E-state index contributed by atoms with van der Waals surface area (Å²) in [7, 11) is 0. The van der Waals surface area contributed by atoms with Gasteiger partial charge < -0.3 is 15.5 Å². The number of nitrogens with one attached hydrogen (secondary N) is 1. The third kappa shape index (κ3) is 2.10. The van der Waals surface area contributed by atoms with Crippen LogP contribution >= 0.6 is 0 Å². The van der Waals surface area contributed by atoms with Crippen molar-refractivity contribution < 1.29 is 8.81 Å². The Morgan fingerprint density at radius 2 is 2.11 bits per heavy atom. The average Bonchev–Trinajstić information content (AvgIpc) is 2.78. The molecule has 0 spiro atoms. The molecule has 5 heteroatoms. The van der Waals surface area contributed by atoms with Crippen molar-refractivity contribution in [2.75, 3.05) is 11.1 Å². The zero-order valence-corrected chi connectivity index (χ0v) is 10.3. The van der Waals surface area contributed by atoms with Crippen LogP contribution in [0.15, 0.2) is 40.8 Å². The maximum atomic E-state index is 13.4. The maximum Gasteiger partial charge on any atom is 0.300 e. The number of fused-ring (bicyclic) bond motifs is 1. The fourth-order valence-electron chi connectivity index (χ4n) is 1.82. The molecule has 0 saturated heterocycles. The summed E-state index contributed by atoms with van der Waals surface area (Å²) in [4.78, 5) is 4.23. The number of nitrogens with zero attached hydrogens (tertiary/aromatic N) is 1. The molecule has 0 atom stereocenters. The number of anilines is 3. The molecular weight excluding hydrogens is 245 g/mol. The highest BCUT2D eigenvalue weighted by Gasteiger charge is 2.08. The van der Waals surface area contributed by atoms with E-state index in [1.165, 1.54) is 6.07 Å². The summed E-state index contributed by atoms with van der Waals surface area (Å²) in [6.07, 6.45) is 0. The fraction of sp³-hybridized carbons (Fsp3) is 0.0714. The topological polar surface area (TPSA) is 64.1 Å². The van der Waals surface area contributed by atoms with Crippen LogP contribution in [0.4, 0.5) is 21.8 Å². The number of para-hydroxylation sites is 1. The second-order valence-electron chi connectivity index (χ2n) is 4.30. The summed E-state index contributed by atoms with van der Waals surface area (Å²) in [5, 5.41) is 2.92. The highest BCUT2D eigenvalue weighted by molar-refractivity contribution is 5.86. The number of nitrogens with two attached hydrogens (primary N) is 1. The van der Waals surface area contributed by atoms with E-state index < -0.39 is 0 Å². The van der Waals surface area contributed by atoms with Crippen molar-refractivity contribution in [3.8, 4) is 0 Å². The molecule has 1 heterocycles. The number of rotatable bonds is 2. The average molecular weight is 257 g/mol. The largest absolute Gasteiger partial charge is 0.423 e. The van der Waals surface area contributed by atoms with E-state index in [1.54, 1.807) is 37.3 Å². The van der Waals surface area contributed by atoms with E-state index in [4.69, 9.17) is 10.2 Å². The third-order valence-electron chi connectivity index (χ3n) is 2.87. The molecule has 0 aliphatic rings. The van der Waals surface area contributed by atoms with Crippen LogP contribution in [0.2, 0.25) is 0 Å². The van der Waals surface area contributed by atoms with Gasteiger partial charge in [-0.1, -0.05) is 12.1 Å². The maximum absolute atomic E-state index is 13.4. The van der Waals surface area contributed by atoms with Crippen molar-refractivity contribution in [3.63, 3.8) is 0 Å². The molecule has 2 aromatic carbocycles. The van der Waals surface area contributed by atoms with Crippen molar-refractivity contribution in [2.24, 2.45) is 0 Å². The Morgan fingerprint density at radius 3 is 2.84 bits per heavy atom. The molecule has 3 rings (SSSR count). The lowest BCUT2D eigenvalue weighted by atomic mass is 10.2. The van der Waals surface area contributed by atoms with Crippen molar-refractivity contribution in [2.45, 2.75) is 6.92 Å². The van der Waals surface area contributed by atoms with Crippen LogP contribution in [0.1, 0.15) is 5.56 Å². The lowest BCUT2D eigenvalue weighted by Crippen LogP contribution is -1.92. The van der Waals surface area contributed by atoms with Crippen LogP contribution in [-0.4, -0.2) is 4.98 Å². The summed E-state index contributed by atoms with van der Waals surface area (Å²) < 4.78 is 18.9. The van der Waals surface area contributed by atoms with Gasteiger partial charge in [-0.25, -0.2) is 4.39 Å². The van der Waals surface area contributed by atoms with Gasteiger partial charge in [0.2, 0.25) is 0 Å². The smallest absolute Gasteiger partial charge is 0.300 e. The second kappa shape index (κ2) is 4.28. The van der Waals surface area contributed by atoms with E-state index >= 15 is 0 Å². The lowest BCUT2D eigenvalue weighted by Gasteiger charge is -2.02. The fourth-order valence-corrected chi connectivity index (χ4v) is 1.82. The van der Waals surface area contributed by atoms with Crippen LogP contribution in [0.3, 0.4) is 0 Å². The Hall–Kier alpha value is -2.56. The van der Waals surface area contributed by atoms with Crippen LogP contribution in [0.25, 0.3) is 11.1 Å². The van der Waals surface area contributed by atoms with Crippen LogP contribution < -0.4 is 11.1 Å². The molecule has 96 valence electrons. The minimum atomic E-state index is -0.277. The first-order chi connectivity index (χ1) is 9.13. The number of benzene rings is 2. The molecule has 1 aromatic heterocycles. The van der Waals surface area contributed by atoms with Gasteiger partial charge in [0.1, 0.15) is 11.3 Å². The molecule has 0 radical (unpaired) electrons. The Morgan fingerprint density at radius 1 is 1.26 bits per heavy atom. The SMILES string of the molecule is Cc1ccc(Nc2nc3c(N)cccc3o2)cc1F. The predicted molar refractivity (Wildman–Crippen MR) is 72.8 cm³/mol. The van der Waals surface area contributed by atoms with Gasteiger partial charge in [0, 0.05) is 5.69 Å². The number of aryl methyl sites for hydroxylation is 1.